The number of hydrogen-bond acceptors (Lipinski definition) is 5. The molecule has 0 saturated carbocycles. The van der Waals surface area contributed by atoms with Gasteiger partial charge in [0.15, 0.2) is 5.76 Å². The zero-order chi connectivity index (χ0) is 17.4. The average Bonchev–Trinajstić information content (AvgIpc) is 3.27. The summed E-state index contributed by atoms with van der Waals surface area (Å²) in [5.41, 5.74) is 2.45. The van der Waals surface area contributed by atoms with E-state index in [4.69, 9.17) is 4.42 Å². The smallest absolute Gasteiger partial charge is 0.290 e. The van der Waals surface area contributed by atoms with E-state index in [0.717, 1.165) is 35.1 Å². The highest BCUT2D eigenvalue weighted by Crippen LogP contribution is 2.34. The number of carbonyl (C=O) groups excluding carboxylic acids is 1. The molecular formula is C19H20N4O2. The van der Waals surface area contributed by atoms with Gasteiger partial charge in [0.2, 0.25) is 0 Å². The molecule has 1 saturated heterocycles. The van der Waals surface area contributed by atoms with Crippen molar-refractivity contribution < 1.29 is 9.21 Å². The van der Waals surface area contributed by atoms with E-state index in [1.807, 2.05) is 43.1 Å². The molecule has 1 N–H and O–H groups in total. The van der Waals surface area contributed by atoms with Crippen LogP contribution in [0.4, 0.5) is 5.82 Å². The van der Waals surface area contributed by atoms with Crippen molar-refractivity contribution in [3.63, 3.8) is 0 Å². The SMILES string of the molecule is CNc1cncc(C2CCCN2C(=O)c2oc3ccccc3c2C)n1. The van der Waals surface area contributed by atoms with Gasteiger partial charge in [0.1, 0.15) is 11.4 Å². The third kappa shape index (κ3) is 2.63. The summed E-state index contributed by atoms with van der Waals surface area (Å²) >= 11 is 0. The average molecular weight is 336 g/mol. The Morgan fingerprint density at radius 1 is 1.32 bits per heavy atom. The minimum atomic E-state index is -0.0761. The minimum absolute atomic E-state index is 0.0686. The molecule has 1 aliphatic rings. The highest BCUT2D eigenvalue weighted by atomic mass is 16.3. The molecule has 1 atom stereocenters. The van der Waals surface area contributed by atoms with Crippen LogP contribution in [0.25, 0.3) is 11.0 Å². The number of fused-ring (bicyclic) bond motifs is 1. The summed E-state index contributed by atoms with van der Waals surface area (Å²) in [5.74, 6) is 1.05. The second-order valence-electron chi connectivity index (χ2n) is 6.29. The Kier molecular flexibility index (Phi) is 3.87. The number of carbonyl (C=O) groups is 1. The van der Waals surface area contributed by atoms with E-state index in [1.54, 1.807) is 12.4 Å². The predicted molar refractivity (Wildman–Crippen MR) is 95.5 cm³/mol. The Morgan fingerprint density at radius 2 is 2.16 bits per heavy atom. The molecule has 0 aliphatic carbocycles. The maximum atomic E-state index is 13.1. The third-order valence-corrected chi connectivity index (χ3v) is 4.80. The zero-order valence-corrected chi connectivity index (χ0v) is 14.3. The van der Waals surface area contributed by atoms with E-state index in [-0.39, 0.29) is 11.9 Å². The van der Waals surface area contributed by atoms with Gasteiger partial charge in [-0.05, 0) is 25.8 Å². The molecule has 3 aromatic rings. The summed E-state index contributed by atoms with van der Waals surface area (Å²) in [6.07, 6.45) is 5.24. The largest absolute Gasteiger partial charge is 0.451 e. The first-order chi connectivity index (χ1) is 12.2. The van der Waals surface area contributed by atoms with Gasteiger partial charge in [-0.25, -0.2) is 4.98 Å². The van der Waals surface area contributed by atoms with Gasteiger partial charge in [-0.3, -0.25) is 9.78 Å². The maximum Gasteiger partial charge on any atom is 0.290 e. The van der Waals surface area contributed by atoms with Crippen LogP contribution >= 0.6 is 0 Å². The number of rotatable bonds is 3. The van der Waals surface area contributed by atoms with E-state index >= 15 is 0 Å². The lowest BCUT2D eigenvalue weighted by molar-refractivity contribution is 0.0702. The van der Waals surface area contributed by atoms with E-state index in [9.17, 15) is 4.79 Å². The zero-order valence-electron chi connectivity index (χ0n) is 14.3. The highest BCUT2D eigenvalue weighted by molar-refractivity contribution is 5.99. The molecule has 6 nitrogen and oxygen atoms in total. The fraction of sp³-hybridized carbons (Fsp3) is 0.316. The number of hydrogen-bond donors (Lipinski definition) is 1. The number of nitrogens with one attached hydrogen (secondary N) is 1. The third-order valence-electron chi connectivity index (χ3n) is 4.80. The molecule has 25 heavy (non-hydrogen) atoms. The number of aryl methyl sites for hydroxylation is 1. The van der Waals surface area contributed by atoms with Crippen molar-refractivity contribution in [3.8, 4) is 0 Å². The van der Waals surface area contributed by atoms with Crippen molar-refractivity contribution in [1.29, 1.82) is 0 Å². The van der Waals surface area contributed by atoms with Gasteiger partial charge in [-0.15, -0.1) is 0 Å². The molecule has 1 aromatic carbocycles. The Hall–Kier alpha value is -2.89. The Morgan fingerprint density at radius 3 is 2.96 bits per heavy atom. The van der Waals surface area contributed by atoms with Crippen LogP contribution in [0.3, 0.4) is 0 Å². The lowest BCUT2D eigenvalue weighted by Gasteiger charge is -2.23. The van der Waals surface area contributed by atoms with Gasteiger partial charge in [0.25, 0.3) is 5.91 Å². The lowest BCUT2D eigenvalue weighted by atomic mass is 10.1. The number of aromatic nitrogens is 2. The van der Waals surface area contributed by atoms with Gasteiger partial charge < -0.3 is 14.6 Å². The van der Waals surface area contributed by atoms with Gasteiger partial charge in [0, 0.05) is 24.5 Å². The molecule has 0 spiro atoms. The maximum absolute atomic E-state index is 13.1. The van der Waals surface area contributed by atoms with Gasteiger partial charge in [0.05, 0.1) is 24.1 Å². The summed E-state index contributed by atoms with van der Waals surface area (Å²) in [6.45, 7) is 2.64. The van der Waals surface area contributed by atoms with Crippen LogP contribution in [0.5, 0.6) is 0 Å². The van der Waals surface area contributed by atoms with E-state index in [2.05, 4.69) is 15.3 Å². The summed E-state index contributed by atoms with van der Waals surface area (Å²) < 4.78 is 5.86. The molecule has 3 heterocycles. The molecular weight excluding hydrogens is 316 g/mol. The molecule has 1 fully saturated rings. The van der Waals surface area contributed by atoms with Gasteiger partial charge in [-0.1, -0.05) is 18.2 Å². The van der Waals surface area contributed by atoms with E-state index in [0.29, 0.717) is 18.1 Å². The number of benzene rings is 1. The van der Waals surface area contributed by atoms with Crippen molar-refractivity contribution >= 4 is 22.7 Å². The standard InChI is InChI=1S/C19H20N4O2/c1-12-13-6-3-4-8-16(13)25-18(12)19(24)23-9-5-7-15(23)14-10-21-11-17(20-2)22-14/h3-4,6,8,10-11,15H,5,7,9H2,1-2H3,(H,20,22). The highest BCUT2D eigenvalue weighted by Gasteiger charge is 2.34. The number of amides is 1. The molecule has 128 valence electrons. The van der Waals surface area contributed by atoms with Crippen LogP contribution in [-0.2, 0) is 0 Å². The van der Waals surface area contributed by atoms with Crippen molar-refractivity contribution in [3.05, 3.63) is 53.7 Å². The van der Waals surface area contributed by atoms with E-state index in [1.165, 1.54) is 0 Å². The summed E-state index contributed by atoms with van der Waals surface area (Å²) in [5, 5.41) is 3.98. The van der Waals surface area contributed by atoms with Crippen LogP contribution in [-0.4, -0.2) is 34.4 Å². The number of nitrogens with zero attached hydrogens (tertiary/aromatic N) is 3. The van der Waals surface area contributed by atoms with E-state index < -0.39 is 0 Å². The summed E-state index contributed by atoms with van der Waals surface area (Å²) in [7, 11) is 1.81. The molecule has 1 aliphatic heterocycles. The Bertz CT molecular complexity index is 934. The first kappa shape index (κ1) is 15.6. The topological polar surface area (TPSA) is 71.3 Å². The first-order valence-corrected chi connectivity index (χ1v) is 8.48. The fourth-order valence-electron chi connectivity index (χ4n) is 3.49. The van der Waals surface area contributed by atoms with Crippen LogP contribution < -0.4 is 5.32 Å². The first-order valence-electron chi connectivity index (χ1n) is 8.48. The van der Waals surface area contributed by atoms with Gasteiger partial charge >= 0.3 is 0 Å². The normalized spacial score (nSPS) is 17.2. The van der Waals surface area contributed by atoms with Crippen molar-refractivity contribution in [2.45, 2.75) is 25.8 Å². The fourth-order valence-corrected chi connectivity index (χ4v) is 3.49. The number of furan rings is 1. The predicted octanol–water partition coefficient (Wildman–Crippen LogP) is 3.55. The van der Waals surface area contributed by atoms with Gasteiger partial charge in [-0.2, -0.15) is 0 Å². The summed E-state index contributed by atoms with van der Waals surface area (Å²) in [6, 6.07) is 7.67. The van der Waals surface area contributed by atoms with Crippen LogP contribution in [0, 0.1) is 6.92 Å². The number of anilines is 1. The van der Waals surface area contributed by atoms with Crippen LogP contribution in [0.1, 0.15) is 40.7 Å². The second kappa shape index (κ2) is 6.20. The van der Waals surface area contributed by atoms with Crippen LogP contribution in [0.15, 0.2) is 41.1 Å². The Balaban J connectivity index is 1.69. The second-order valence-corrected chi connectivity index (χ2v) is 6.29. The van der Waals surface area contributed by atoms with Crippen molar-refractivity contribution in [2.75, 3.05) is 18.9 Å². The molecule has 6 heteroatoms. The summed E-state index contributed by atoms with van der Waals surface area (Å²) in [4.78, 5) is 23.8. The molecule has 1 amide bonds. The number of likely N-dealkylation sites (tertiary alicyclic amines) is 1. The quantitative estimate of drug-likeness (QED) is 0.792. The Labute approximate surface area is 145 Å². The molecule has 4 rings (SSSR count). The van der Waals surface area contributed by atoms with Crippen LogP contribution in [0.2, 0.25) is 0 Å². The molecule has 0 radical (unpaired) electrons. The lowest BCUT2D eigenvalue weighted by Crippen LogP contribution is -2.31. The van der Waals surface area contributed by atoms with Crippen molar-refractivity contribution in [2.24, 2.45) is 0 Å². The van der Waals surface area contributed by atoms with Crippen molar-refractivity contribution in [1.82, 2.24) is 14.9 Å². The number of para-hydroxylation sites is 1. The molecule has 0 bridgehead atoms. The molecule has 2 aromatic heterocycles. The minimum Gasteiger partial charge on any atom is -0.451 e. The monoisotopic (exact) mass is 336 g/mol. The molecule has 1 unspecified atom stereocenters.